The van der Waals surface area contributed by atoms with Crippen molar-refractivity contribution in [1.82, 2.24) is 14.9 Å². The van der Waals surface area contributed by atoms with E-state index >= 15 is 0 Å². The Balaban J connectivity index is 1.50. The van der Waals surface area contributed by atoms with Gasteiger partial charge in [0.05, 0.1) is 17.1 Å². The minimum absolute atomic E-state index is 0.0713. The number of carbonyl (C=O) groups excluding carboxylic acids is 1. The van der Waals surface area contributed by atoms with E-state index in [-0.39, 0.29) is 22.3 Å². The monoisotopic (exact) mass is 502 g/mol. The second kappa shape index (κ2) is 8.83. The van der Waals surface area contributed by atoms with Crippen LogP contribution in [0.5, 0.6) is 0 Å². The molecule has 13 heteroatoms. The molecule has 1 N–H and O–H groups in total. The van der Waals surface area contributed by atoms with E-state index in [0.717, 1.165) is 4.68 Å². The molecule has 0 aliphatic rings. The van der Waals surface area contributed by atoms with Crippen molar-refractivity contribution in [2.24, 2.45) is 0 Å². The molecule has 2 aromatic carbocycles. The van der Waals surface area contributed by atoms with Gasteiger partial charge in [0.1, 0.15) is 0 Å². The lowest BCUT2D eigenvalue weighted by Gasteiger charge is -2.08. The molecule has 0 radical (unpaired) electrons. The normalized spacial score (nSPS) is 11.1. The zero-order valence-electron chi connectivity index (χ0n) is 16.0. The van der Waals surface area contributed by atoms with Gasteiger partial charge in [0.15, 0.2) is 40.5 Å². The Labute approximate surface area is 191 Å². The summed E-state index contributed by atoms with van der Waals surface area (Å²) in [5.74, 6) is -10.9. The summed E-state index contributed by atoms with van der Waals surface area (Å²) in [6.45, 7) is -0.773. The average Bonchev–Trinajstić information content (AvgIpc) is 3.44. The van der Waals surface area contributed by atoms with Gasteiger partial charge >= 0.3 is 0 Å². The van der Waals surface area contributed by atoms with Crippen molar-refractivity contribution >= 4 is 34.9 Å². The maximum absolute atomic E-state index is 13.9. The number of carbonyl (C=O) groups is 1. The number of aromatic nitrogens is 3. The Kier molecular flexibility index (Phi) is 6.09. The minimum atomic E-state index is -2.26. The van der Waals surface area contributed by atoms with Crippen molar-refractivity contribution in [1.29, 1.82) is 0 Å². The molecule has 2 heterocycles. The molecular weight excluding hydrogens is 494 g/mol. The van der Waals surface area contributed by atoms with Crippen molar-refractivity contribution in [2.75, 3.05) is 5.32 Å². The summed E-state index contributed by atoms with van der Waals surface area (Å²) in [6.07, 6.45) is 1.18. The quantitative estimate of drug-likeness (QED) is 0.211. The molecule has 0 atom stereocenters. The van der Waals surface area contributed by atoms with E-state index in [4.69, 9.17) is 27.7 Å². The van der Waals surface area contributed by atoms with E-state index in [1.807, 2.05) is 0 Å². The maximum Gasteiger partial charge on any atom is 0.279 e. The van der Waals surface area contributed by atoms with Crippen LogP contribution < -0.4 is 5.32 Å². The zero-order chi connectivity index (χ0) is 23.9. The first-order valence-corrected chi connectivity index (χ1v) is 9.68. The first kappa shape index (κ1) is 22.7. The van der Waals surface area contributed by atoms with Crippen molar-refractivity contribution in [2.45, 2.75) is 6.54 Å². The topological polar surface area (TPSA) is 73.0 Å². The largest absolute Gasteiger partial charge is 0.355 e. The van der Waals surface area contributed by atoms with Crippen LogP contribution >= 0.6 is 23.2 Å². The van der Waals surface area contributed by atoms with Gasteiger partial charge in [-0.2, -0.15) is 5.10 Å². The lowest BCUT2D eigenvalue weighted by Crippen LogP contribution is -2.14. The minimum Gasteiger partial charge on any atom is -0.355 e. The first-order valence-electron chi connectivity index (χ1n) is 8.93. The smallest absolute Gasteiger partial charge is 0.279 e. The van der Waals surface area contributed by atoms with Crippen LogP contribution in [0.15, 0.2) is 41.1 Å². The third-order valence-electron chi connectivity index (χ3n) is 4.44. The number of halogens is 7. The van der Waals surface area contributed by atoms with Gasteiger partial charge in [-0.3, -0.25) is 9.48 Å². The molecule has 0 aliphatic carbocycles. The fraction of sp³-hybridized carbons (Fsp3) is 0.0500. The molecule has 6 nitrogen and oxygen atoms in total. The standard InChI is InChI=1S/C20H9Cl2F5N4O2/c21-8-1-2-9(11(22)5-8)13-6-12(30-33-13)20(32)28-14-3-4-31(29-14)7-10-15(23)17(25)19(27)18(26)16(10)24/h1-6H,7H2,(H,28,29,32). The number of benzene rings is 2. The van der Waals surface area contributed by atoms with Crippen molar-refractivity contribution in [3.63, 3.8) is 0 Å². The lowest BCUT2D eigenvalue weighted by atomic mass is 10.1. The van der Waals surface area contributed by atoms with E-state index in [1.165, 1.54) is 24.4 Å². The molecule has 170 valence electrons. The van der Waals surface area contributed by atoms with Crippen LogP contribution in [0.25, 0.3) is 11.3 Å². The number of rotatable bonds is 5. The van der Waals surface area contributed by atoms with Crippen LogP contribution in [0, 0.1) is 29.1 Å². The van der Waals surface area contributed by atoms with Crippen molar-refractivity contribution in [3.05, 3.63) is 86.9 Å². The lowest BCUT2D eigenvalue weighted by molar-refractivity contribution is 0.101. The highest BCUT2D eigenvalue weighted by atomic mass is 35.5. The van der Waals surface area contributed by atoms with Gasteiger partial charge in [0.25, 0.3) is 5.91 Å². The summed E-state index contributed by atoms with van der Waals surface area (Å²) in [5.41, 5.74) is -0.765. The number of amides is 1. The Morgan fingerprint density at radius 2 is 1.64 bits per heavy atom. The predicted octanol–water partition coefficient (Wildman–Crippen LogP) is 5.84. The van der Waals surface area contributed by atoms with Crippen LogP contribution in [-0.2, 0) is 6.54 Å². The summed E-state index contributed by atoms with van der Waals surface area (Å²) < 4.78 is 73.6. The fourth-order valence-electron chi connectivity index (χ4n) is 2.85. The third kappa shape index (κ3) is 4.41. The van der Waals surface area contributed by atoms with Crippen LogP contribution in [0.3, 0.4) is 0 Å². The first-order chi connectivity index (χ1) is 15.7. The molecule has 0 unspecified atom stereocenters. The van der Waals surface area contributed by atoms with Gasteiger partial charge in [-0.1, -0.05) is 28.4 Å². The molecule has 2 aromatic heterocycles. The van der Waals surface area contributed by atoms with Gasteiger partial charge in [0.2, 0.25) is 5.82 Å². The molecule has 1 amide bonds. The molecule has 0 aliphatic heterocycles. The van der Waals surface area contributed by atoms with E-state index in [2.05, 4.69) is 15.6 Å². The van der Waals surface area contributed by atoms with Crippen molar-refractivity contribution < 1.29 is 31.3 Å². The summed E-state index contributed by atoms with van der Waals surface area (Å²) in [5, 5.41) is 10.5. The molecule has 33 heavy (non-hydrogen) atoms. The zero-order valence-corrected chi connectivity index (χ0v) is 17.5. The van der Waals surface area contributed by atoms with Gasteiger partial charge < -0.3 is 9.84 Å². The predicted molar refractivity (Wildman–Crippen MR) is 107 cm³/mol. The Morgan fingerprint density at radius 1 is 0.970 bits per heavy atom. The average molecular weight is 503 g/mol. The Hall–Kier alpha value is -3.44. The van der Waals surface area contributed by atoms with E-state index in [1.54, 1.807) is 12.1 Å². The van der Waals surface area contributed by atoms with Gasteiger partial charge in [-0.25, -0.2) is 22.0 Å². The summed E-state index contributed by atoms with van der Waals surface area (Å²) in [6, 6.07) is 7.20. The van der Waals surface area contributed by atoms with Gasteiger partial charge in [-0.05, 0) is 18.2 Å². The molecule has 0 saturated carbocycles. The van der Waals surface area contributed by atoms with E-state index < -0.39 is 47.1 Å². The highest BCUT2D eigenvalue weighted by Crippen LogP contribution is 2.31. The highest BCUT2D eigenvalue weighted by molar-refractivity contribution is 6.36. The highest BCUT2D eigenvalue weighted by Gasteiger charge is 2.26. The Bertz CT molecular complexity index is 1360. The van der Waals surface area contributed by atoms with Gasteiger partial charge in [0, 0.05) is 28.9 Å². The Morgan fingerprint density at radius 3 is 2.30 bits per heavy atom. The molecule has 4 aromatic rings. The molecule has 4 rings (SSSR count). The van der Waals surface area contributed by atoms with Crippen LogP contribution in [0.4, 0.5) is 27.8 Å². The number of hydrogen-bond donors (Lipinski definition) is 1. The molecule has 0 saturated heterocycles. The molecule has 0 spiro atoms. The van der Waals surface area contributed by atoms with Gasteiger partial charge in [-0.15, -0.1) is 0 Å². The van der Waals surface area contributed by atoms with E-state index in [9.17, 15) is 26.7 Å². The summed E-state index contributed by atoms with van der Waals surface area (Å²) in [4.78, 5) is 12.4. The van der Waals surface area contributed by atoms with Crippen molar-refractivity contribution in [3.8, 4) is 11.3 Å². The summed E-state index contributed by atoms with van der Waals surface area (Å²) >= 11 is 11.9. The second-order valence-electron chi connectivity index (χ2n) is 6.60. The third-order valence-corrected chi connectivity index (χ3v) is 4.99. The molecular formula is C20H9Cl2F5N4O2. The number of nitrogens with one attached hydrogen (secondary N) is 1. The molecule has 0 bridgehead atoms. The van der Waals surface area contributed by atoms with Crippen LogP contribution in [0.1, 0.15) is 16.1 Å². The number of hydrogen-bond acceptors (Lipinski definition) is 4. The number of anilines is 1. The maximum atomic E-state index is 13.9. The molecule has 0 fully saturated rings. The number of nitrogens with zero attached hydrogens (tertiary/aromatic N) is 3. The fourth-order valence-corrected chi connectivity index (χ4v) is 3.35. The van der Waals surface area contributed by atoms with E-state index in [0.29, 0.717) is 10.6 Å². The van der Waals surface area contributed by atoms with Crippen LogP contribution in [-0.4, -0.2) is 20.8 Å². The SMILES string of the molecule is O=C(Nc1ccn(Cc2c(F)c(F)c(F)c(F)c2F)n1)c1cc(-c2ccc(Cl)cc2Cl)on1. The second-order valence-corrected chi connectivity index (χ2v) is 7.45. The summed E-state index contributed by atoms with van der Waals surface area (Å²) in [7, 11) is 0. The van der Waals surface area contributed by atoms with Crippen LogP contribution in [0.2, 0.25) is 10.0 Å².